The maximum absolute atomic E-state index is 12.2. The van der Waals surface area contributed by atoms with Crippen molar-refractivity contribution in [3.8, 4) is 5.75 Å². The van der Waals surface area contributed by atoms with E-state index in [0.717, 1.165) is 15.2 Å². The third kappa shape index (κ3) is 3.30. The summed E-state index contributed by atoms with van der Waals surface area (Å²) in [6.45, 7) is 1.88. The molecule has 0 saturated carbocycles. The van der Waals surface area contributed by atoms with Gasteiger partial charge in [0.25, 0.3) is 11.6 Å². The molecule has 0 saturated heterocycles. The minimum Gasteiger partial charge on any atom is -0.506 e. The Morgan fingerprint density at radius 3 is 2.71 bits per heavy atom. The molecule has 7 heteroatoms. The van der Waals surface area contributed by atoms with Crippen LogP contribution in [0, 0.1) is 20.6 Å². The van der Waals surface area contributed by atoms with E-state index in [1.54, 1.807) is 12.1 Å². The molecule has 2 rings (SSSR count). The molecule has 0 fully saturated rings. The number of benzene rings is 2. The lowest BCUT2D eigenvalue weighted by Gasteiger charge is -2.09. The molecule has 108 valence electrons. The first kappa shape index (κ1) is 15.2. The number of nitrogens with one attached hydrogen (secondary N) is 1. The number of hydrogen-bond donors (Lipinski definition) is 2. The van der Waals surface area contributed by atoms with Crippen LogP contribution in [0.2, 0.25) is 0 Å². The van der Waals surface area contributed by atoms with E-state index in [0.29, 0.717) is 5.56 Å². The first-order valence-electron chi connectivity index (χ1n) is 5.94. The molecule has 0 unspecified atom stereocenters. The van der Waals surface area contributed by atoms with Crippen LogP contribution in [0.1, 0.15) is 15.9 Å². The molecule has 0 aliphatic rings. The molecule has 2 aromatic carbocycles. The highest BCUT2D eigenvalue weighted by Gasteiger charge is 2.16. The van der Waals surface area contributed by atoms with Crippen LogP contribution in [0.3, 0.4) is 0 Å². The Morgan fingerprint density at radius 1 is 1.33 bits per heavy atom. The van der Waals surface area contributed by atoms with Gasteiger partial charge >= 0.3 is 0 Å². The van der Waals surface area contributed by atoms with Gasteiger partial charge in [0.05, 0.1) is 16.2 Å². The Hall–Kier alpha value is -2.16. The lowest BCUT2D eigenvalue weighted by atomic mass is 10.1. The molecule has 0 heterocycles. The van der Waals surface area contributed by atoms with Gasteiger partial charge in [0.15, 0.2) is 0 Å². The van der Waals surface area contributed by atoms with Gasteiger partial charge in [-0.1, -0.05) is 12.1 Å². The number of phenolic OH excluding ortho intramolecular Hbond substituents is 1. The lowest BCUT2D eigenvalue weighted by Crippen LogP contribution is -2.14. The van der Waals surface area contributed by atoms with Gasteiger partial charge in [-0.25, -0.2) is 0 Å². The molecular weight excluding hydrogens is 387 g/mol. The second-order valence-corrected chi connectivity index (χ2v) is 5.43. The van der Waals surface area contributed by atoms with Crippen molar-refractivity contribution in [2.75, 3.05) is 5.32 Å². The molecule has 0 aliphatic heterocycles. The number of carbonyl (C=O) groups excluding carboxylic acids is 1. The number of aryl methyl sites for hydroxylation is 1. The monoisotopic (exact) mass is 398 g/mol. The van der Waals surface area contributed by atoms with Crippen LogP contribution in [-0.4, -0.2) is 15.9 Å². The zero-order valence-corrected chi connectivity index (χ0v) is 13.1. The van der Waals surface area contributed by atoms with Crippen molar-refractivity contribution in [3.05, 3.63) is 61.2 Å². The van der Waals surface area contributed by atoms with E-state index in [-0.39, 0.29) is 17.1 Å². The summed E-state index contributed by atoms with van der Waals surface area (Å²) in [5.74, 6) is -0.657. The Balaban J connectivity index is 2.33. The normalized spacial score (nSPS) is 10.2. The van der Waals surface area contributed by atoms with E-state index in [2.05, 4.69) is 27.9 Å². The molecule has 0 aliphatic carbocycles. The topological polar surface area (TPSA) is 92.5 Å². The molecular formula is C14H11IN2O4. The number of phenols is 1. The average molecular weight is 398 g/mol. The first-order chi connectivity index (χ1) is 9.90. The quantitative estimate of drug-likeness (QED) is 0.359. The van der Waals surface area contributed by atoms with Crippen molar-refractivity contribution in [1.29, 1.82) is 0 Å². The smallest absolute Gasteiger partial charge is 0.271 e. The van der Waals surface area contributed by atoms with Crippen molar-refractivity contribution in [2.24, 2.45) is 0 Å². The minimum absolute atomic E-state index is 0.00602. The first-order valence-corrected chi connectivity index (χ1v) is 7.02. The van der Waals surface area contributed by atoms with E-state index in [4.69, 9.17) is 0 Å². The van der Waals surface area contributed by atoms with E-state index >= 15 is 0 Å². The predicted octanol–water partition coefficient (Wildman–Crippen LogP) is 3.47. The maximum atomic E-state index is 12.2. The fraction of sp³-hybridized carbons (Fsp3) is 0.0714. The number of carbonyl (C=O) groups is 1. The van der Waals surface area contributed by atoms with Gasteiger partial charge in [0.2, 0.25) is 0 Å². The number of anilines is 1. The van der Waals surface area contributed by atoms with Crippen LogP contribution in [-0.2, 0) is 0 Å². The Bertz CT molecular complexity index is 731. The lowest BCUT2D eigenvalue weighted by molar-refractivity contribution is -0.384. The molecule has 0 radical (unpaired) electrons. The highest BCUT2D eigenvalue weighted by Crippen LogP contribution is 2.28. The summed E-state index contributed by atoms with van der Waals surface area (Å²) in [6.07, 6.45) is 0. The minimum atomic E-state index is -0.592. The summed E-state index contributed by atoms with van der Waals surface area (Å²) in [7, 11) is 0. The zero-order valence-electron chi connectivity index (χ0n) is 11.0. The summed E-state index contributed by atoms with van der Waals surface area (Å²) in [5, 5.41) is 22.9. The number of hydrogen-bond acceptors (Lipinski definition) is 4. The van der Waals surface area contributed by atoms with Gasteiger partial charge in [0, 0.05) is 15.7 Å². The van der Waals surface area contributed by atoms with E-state index < -0.39 is 10.8 Å². The van der Waals surface area contributed by atoms with Crippen molar-refractivity contribution in [3.63, 3.8) is 0 Å². The van der Waals surface area contributed by atoms with Gasteiger partial charge in [-0.2, -0.15) is 0 Å². The van der Waals surface area contributed by atoms with Crippen molar-refractivity contribution in [2.45, 2.75) is 6.92 Å². The van der Waals surface area contributed by atoms with Crippen LogP contribution < -0.4 is 5.32 Å². The van der Waals surface area contributed by atoms with Crippen molar-refractivity contribution in [1.82, 2.24) is 0 Å². The third-order valence-electron chi connectivity index (χ3n) is 2.88. The number of aromatic hydroxyl groups is 1. The van der Waals surface area contributed by atoms with Crippen molar-refractivity contribution >= 4 is 39.9 Å². The molecule has 2 N–H and O–H groups in total. The van der Waals surface area contributed by atoms with Gasteiger partial charge < -0.3 is 10.4 Å². The van der Waals surface area contributed by atoms with Gasteiger partial charge in [-0.3, -0.25) is 14.9 Å². The molecule has 2 aromatic rings. The third-order valence-corrected chi connectivity index (χ3v) is 4.31. The predicted molar refractivity (Wildman–Crippen MR) is 86.6 cm³/mol. The molecule has 6 nitrogen and oxygen atoms in total. The van der Waals surface area contributed by atoms with Crippen LogP contribution in [0.15, 0.2) is 36.4 Å². The zero-order chi connectivity index (χ0) is 15.6. The van der Waals surface area contributed by atoms with Crippen LogP contribution in [0.25, 0.3) is 0 Å². The number of nitro benzene ring substituents is 1. The number of amides is 1. The Morgan fingerprint density at radius 2 is 2.05 bits per heavy atom. The van der Waals surface area contributed by atoms with Gasteiger partial charge in [0.1, 0.15) is 5.75 Å². The van der Waals surface area contributed by atoms with E-state index in [1.807, 2.05) is 13.0 Å². The largest absolute Gasteiger partial charge is 0.506 e. The maximum Gasteiger partial charge on any atom is 0.271 e. The summed E-state index contributed by atoms with van der Waals surface area (Å²) in [5.41, 5.74) is 1.20. The number of rotatable bonds is 3. The summed E-state index contributed by atoms with van der Waals surface area (Å²) >= 11 is 2.06. The highest BCUT2D eigenvalue weighted by molar-refractivity contribution is 14.1. The fourth-order valence-corrected chi connectivity index (χ4v) is 2.35. The number of nitrogens with zero attached hydrogens (tertiary/aromatic N) is 1. The molecule has 0 aromatic heterocycles. The van der Waals surface area contributed by atoms with Crippen LogP contribution >= 0.6 is 22.6 Å². The second kappa shape index (κ2) is 6.08. The SMILES string of the molecule is Cc1cccc(C(=O)Nc2cc([N+](=O)[O-])ccc2O)c1I. The number of nitro groups is 1. The molecule has 0 atom stereocenters. The molecule has 21 heavy (non-hydrogen) atoms. The summed E-state index contributed by atoms with van der Waals surface area (Å²) < 4.78 is 0.789. The van der Waals surface area contributed by atoms with Gasteiger partial charge in [-0.05, 0) is 47.2 Å². The molecule has 0 spiro atoms. The van der Waals surface area contributed by atoms with Crippen molar-refractivity contribution < 1.29 is 14.8 Å². The van der Waals surface area contributed by atoms with E-state index in [1.165, 1.54) is 12.1 Å². The van der Waals surface area contributed by atoms with Gasteiger partial charge in [-0.15, -0.1) is 0 Å². The highest BCUT2D eigenvalue weighted by atomic mass is 127. The van der Waals surface area contributed by atoms with E-state index in [9.17, 15) is 20.0 Å². The Kier molecular flexibility index (Phi) is 4.41. The second-order valence-electron chi connectivity index (χ2n) is 4.35. The summed E-state index contributed by atoms with van der Waals surface area (Å²) in [6, 6.07) is 8.74. The fourth-order valence-electron chi connectivity index (χ4n) is 1.75. The Labute approximate surface area is 134 Å². The molecule has 1 amide bonds. The standard InChI is InChI=1S/C14H11IN2O4/c1-8-3-2-4-10(13(8)15)14(19)16-11-7-9(17(20)21)5-6-12(11)18/h2-7,18H,1H3,(H,16,19). The molecule has 0 bridgehead atoms. The summed E-state index contributed by atoms with van der Waals surface area (Å²) in [4.78, 5) is 22.4. The average Bonchev–Trinajstić information content (AvgIpc) is 2.43. The number of non-ortho nitro benzene ring substituents is 1. The van der Waals surface area contributed by atoms with Crippen LogP contribution in [0.5, 0.6) is 5.75 Å². The van der Waals surface area contributed by atoms with Crippen LogP contribution in [0.4, 0.5) is 11.4 Å². The number of halogens is 1.